The van der Waals surface area contributed by atoms with Gasteiger partial charge in [0.15, 0.2) is 6.67 Å². The molecule has 0 aliphatic heterocycles. The first kappa shape index (κ1) is 13.0. The van der Waals surface area contributed by atoms with Crippen LogP contribution in [0.15, 0.2) is 0 Å². The summed E-state index contributed by atoms with van der Waals surface area (Å²) in [5.41, 5.74) is 0. The molecule has 0 rings (SSSR count). The molecule has 0 fully saturated rings. The number of rotatable bonds is 3. The van der Waals surface area contributed by atoms with Gasteiger partial charge in [0.05, 0.1) is 0 Å². The maximum atomic E-state index is 10.5. The molecule has 6 nitrogen and oxygen atoms in total. The van der Waals surface area contributed by atoms with Crippen LogP contribution in [0, 0.1) is 0 Å². The topological polar surface area (TPSA) is 112 Å². The second kappa shape index (κ2) is 7.45. The normalized spacial score (nSPS) is 7.75. The molecule has 0 spiro atoms. The van der Waals surface area contributed by atoms with E-state index in [1.54, 1.807) is 0 Å². The van der Waals surface area contributed by atoms with Crippen LogP contribution in [-0.4, -0.2) is 39.9 Å². The predicted molar refractivity (Wildman–Crippen MR) is 33.5 cm³/mol. The van der Waals surface area contributed by atoms with Gasteiger partial charge < -0.3 is 15.3 Å². The zero-order chi connectivity index (χ0) is 10.1. The average Bonchev–Trinajstić information content (AvgIpc) is 1.85. The summed E-state index contributed by atoms with van der Waals surface area (Å²) in [5, 5.41) is 22.8. The van der Waals surface area contributed by atoms with Gasteiger partial charge in [0, 0.05) is 0 Å². The summed E-state index contributed by atoms with van der Waals surface area (Å²) >= 11 is 0. The Bertz CT molecular complexity index is 165. The molecule has 0 atom stereocenters. The van der Waals surface area contributed by atoms with E-state index in [2.05, 4.69) is 0 Å². The zero-order valence-electron chi connectivity index (χ0n) is 5.86. The number of aliphatic carboxylic acids is 3. The smallest absolute Gasteiger partial charge is 0.335 e. The number of carboxylic acids is 3. The van der Waals surface area contributed by atoms with E-state index in [1.807, 2.05) is 0 Å². The van der Waals surface area contributed by atoms with Gasteiger partial charge in [0.1, 0.15) is 6.42 Å². The Balaban J connectivity index is 0. The Hall–Kier alpha value is -1.66. The fourth-order valence-corrected chi connectivity index (χ4v) is 0.129. The van der Waals surface area contributed by atoms with Crippen LogP contribution >= 0.6 is 0 Å². The molecule has 0 saturated carbocycles. The quantitative estimate of drug-likeness (QED) is 0.511. The average molecular weight is 182 g/mol. The maximum absolute atomic E-state index is 10.5. The van der Waals surface area contributed by atoms with Gasteiger partial charge in [0.25, 0.3) is 0 Å². The van der Waals surface area contributed by atoms with Gasteiger partial charge in [0.2, 0.25) is 0 Å². The highest BCUT2D eigenvalue weighted by Gasteiger charge is 2.01. The molecule has 0 radical (unpaired) electrons. The Labute approximate surface area is 66.2 Å². The summed E-state index contributed by atoms with van der Waals surface area (Å²) in [6.45, 7) is -1.28. The molecule has 0 aliphatic rings. The van der Waals surface area contributed by atoms with Crippen LogP contribution in [0.4, 0.5) is 4.39 Å². The minimum Gasteiger partial charge on any atom is -0.481 e. The van der Waals surface area contributed by atoms with E-state index in [4.69, 9.17) is 20.1 Å². The molecule has 3 N–H and O–H groups in total. The van der Waals surface area contributed by atoms with Crippen molar-refractivity contribution in [2.24, 2.45) is 0 Å². The summed E-state index contributed by atoms with van der Waals surface area (Å²) in [5.74, 6) is -4.04. The number of halogens is 1. The molecule has 12 heavy (non-hydrogen) atoms. The molecule has 0 amide bonds. The van der Waals surface area contributed by atoms with Gasteiger partial charge in [-0.2, -0.15) is 0 Å². The molecule has 0 aromatic rings. The summed E-state index contributed by atoms with van der Waals surface area (Å²) < 4.78 is 10.5. The first-order valence-electron chi connectivity index (χ1n) is 2.61. The lowest BCUT2D eigenvalue weighted by molar-refractivity contribution is -0.147. The lowest BCUT2D eigenvalue weighted by atomic mass is 10.5. The molecule has 0 heterocycles. The van der Waals surface area contributed by atoms with Crippen molar-refractivity contribution in [1.29, 1.82) is 0 Å². The van der Waals surface area contributed by atoms with Crippen molar-refractivity contribution in [1.82, 2.24) is 0 Å². The molecular weight excluding hydrogens is 175 g/mol. The van der Waals surface area contributed by atoms with Crippen LogP contribution in [0.2, 0.25) is 0 Å². The molecule has 0 aromatic carbocycles. The predicted octanol–water partition coefficient (Wildman–Crippen LogP) is -0.414. The van der Waals surface area contributed by atoms with E-state index in [0.29, 0.717) is 0 Å². The Morgan fingerprint density at radius 1 is 0.917 bits per heavy atom. The number of carbonyl (C=O) groups is 3. The molecule has 0 unspecified atom stereocenters. The van der Waals surface area contributed by atoms with Gasteiger partial charge in [-0.25, -0.2) is 9.18 Å². The van der Waals surface area contributed by atoms with E-state index in [1.165, 1.54) is 0 Å². The summed E-state index contributed by atoms with van der Waals surface area (Å²) in [6, 6.07) is 0. The van der Waals surface area contributed by atoms with E-state index in [9.17, 15) is 14.0 Å². The van der Waals surface area contributed by atoms with Crippen molar-refractivity contribution in [3.05, 3.63) is 0 Å². The molecule has 0 aliphatic carbocycles. The third kappa shape index (κ3) is 23.9. The van der Waals surface area contributed by atoms with Crippen molar-refractivity contribution in [2.75, 3.05) is 6.67 Å². The van der Waals surface area contributed by atoms with E-state index in [-0.39, 0.29) is 0 Å². The second-order valence-electron chi connectivity index (χ2n) is 1.49. The second-order valence-corrected chi connectivity index (χ2v) is 1.49. The van der Waals surface area contributed by atoms with E-state index in [0.717, 1.165) is 0 Å². The van der Waals surface area contributed by atoms with Crippen molar-refractivity contribution in [2.45, 2.75) is 6.42 Å². The number of hydrogen-bond acceptors (Lipinski definition) is 3. The highest BCUT2D eigenvalue weighted by molar-refractivity contribution is 5.88. The third-order valence-electron chi connectivity index (χ3n) is 0.417. The third-order valence-corrected chi connectivity index (χ3v) is 0.417. The molecule has 0 aromatic heterocycles. The summed E-state index contributed by atoms with van der Waals surface area (Å²) in [7, 11) is 0. The van der Waals surface area contributed by atoms with Gasteiger partial charge in [-0.05, 0) is 0 Å². The monoisotopic (exact) mass is 182 g/mol. The van der Waals surface area contributed by atoms with Gasteiger partial charge in [-0.1, -0.05) is 0 Å². The lowest BCUT2D eigenvalue weighted by Gasteiger charge is -1.80. The first-order valence-corrected chi connectivity index (χ1v) is 2.61. The highest BCUT2D eigenvalue weighted by atomic mass is 19.1. The van der Waals surface area contributed by atoms with Crippen LogP contribution in [-0.2, 0) is 14.4 Å². The van der Waals surface area contributed by atoms with Crippen molar-refractivity contribution < 1.29 is 34.1 Å². The van der Waals surface area contributed by atoms with Crippen LogP contribution in [0.25, 0.3) is 0 Å². The Kier molecular flexibility index (Phi) is 8.05. The Morgan fingerprint density at radius 3 is 1.17 bits per heavy atom. The standard InChI is InChI=1S/C3H4O4.C2H3FO2/c4-2(5)1-3(6)7;3-1-2(4)5/h1H2,(H,4,5)(H,6,7);1H2,(H,4,5). The minimum atomic E-state index is -1.41. The summed E-state index contributed by atoms with van der Waals surface area (Å²) in [6.07, 6.45) is -0.806. The van der Waals surface area contributed by atoms with Crippen molar-refractivity contribution >= 4 is 17.9 Å². The van der Waals surface area contributed by atoms with Crippen LogP contribution < -0.4 is 0 Å². The number of carboxylic acid groups (broad SMARTS) is 3. The molecule has 0 bridgehead atoms. The number of hydrogen-bond donors (Lipinski definition) is 3. The highest BCUT2D eigenvalue weighted by Crippen LogP contribution is 1.74. The minimum absolute atomic E-state index is 0.806. The molecular formula is C5H7FO6. The fourth-order valence-electron chi connectivity index (χ4n) is 0.129. The molecule has 7 heteroatoms. The van der Waals surface area contributed by atoms with Gasteiger partial charge >= 0.3 is 17.9 Å². The summed E-state index contributed by atoms with van der Waals surface area (Å²) in [4.78, 5) is 27.9. The van der Waals surface area contributed by atoms with Crippen LogP contribution in [0.3, 0.4) is 0 Å². The SMILES string of the molecule is O=C(O)CC(=O)O.O=C(O)CF. The van der Waals surface area contributed by atoms with Crippen LogP contribution in [0.5, 0.6) is 0 Å². The molecule has 0 saturated heterocycles. The van der Waals surface area contributed by atoms with E-state index >= 15 is 0 Å². The fraction of sp³-hybridized carbons (Fsp3) is 0.400. The first-order chi connectivity index (χ1) is 5.40. The van der Waals surface area contributed by atoms with Gasteiger partial charge in [-0.15, -0.1) is 0 Å². The van der Waals surface area contributed by atoms with Crippen molar-refractivity contribution in [3.8, 4) is 0 Å². The lowest BCUT2D eigenvalue weighted by Crippen LogP contribution is -2.03. The van der Waals surface area contributed by atoms with E-state index < -0.39 is 31.0 Å². The largest absolute Gasteiger partial charge is 0.481 e. The maximum Gasteiger partial charge on any atom is 0.335 e. The van der Waals surface area contributed by atoms with Crippen LogP contribution in [0.1, 0.15) is 6.42 Å². The number of alkyl halides is 1. The van der Waals surface area contributed by atoms with Crippen molar-refractivity contribution in [3.63, 3.8) is 0 Å². The zero-order valence-corrected chi connectivity index (χ0v) is 5.86. The molecule has 70 valence electrons. The van der Waals surface area contributed by atoms with Gasteiger partial charge in [-0.3, -0.25) is 9.59 Å². The Morgan fingerprint density at radius 2 is 1.17 bits per heavy atom.